The van der Waals surface area contributed by atoms with Gasteiger partial charge in [-0.2, -0.15) is 0 Å². The molecule has 0 aliphatic heterocycles. The number of nitrogens with zero attached hydrogens (tertiary/aromatic N) is 1. The average Bonchev–Trinajstić information content (AvgIpc) is 2.42. The first-order valence-corrected chi connectivity index (χ1v) is 6.33. The van der Waals surface area contributed by atoms with E-state index < -0.39 is 15.6 Å². The molecule has 4 nitrogen and oxygen atoms in total. The van der Waals surface area contributed by atoms with E-state index in [1.807, 2.05) is 0 Å². The van der Waals surface area contributed by atoms with Crippen LogP contribution in [0.4, 0.5) is 0 Å². The Morgan fingerprint density at radius 1 is 1.59 bits per heavy atom. The van der Waals surface area contributed by atoms with Crippen LogP contribution in [0.25, 0.3) is 0 Å². The fraction of sp³-hybridized carbons (Fsp3) is 0.556. The summed E-state index contributed by atoms with van der Waals surface area (Å²) in [5.41, 5.74) is 6.64. The largest absolute Gasteiger partial charge is 0.369 e. The number of H-pyrrole nitrogens is 1. The van der Waals surface area contributed by atoms with Gasteiger partial charge in [0.1, 0.15) is 0 Å². The second kappa shape index (κ2) is 5.18. The van der Waals surface area contributed by atoms with E-state index in [1.54, 1.807) is 18.4 Å². The van der Waals surface area contributed by atoms with Crippen molar-refractivity contribution in [2.24, 2.45) is 5.73 Å². The molecular formula is C9H12Cl3N3OS. The molecule has 0 aromatic carbocycles. The summed E-state index contributed by atoms with van der Waals surface area (Å²) in [6.45, 7) is 3.59. The number of aromatic amines is 1. The number of carbonyl (C=O) groups is 1. The standard InChI is InChI=1S/C9H12Cl3N3OS/c1-4(7(13)16)6-5(2)15(8(17)14-6)3-9(10,11)12/h4H,3H2,1-2H3,(H2,13,16)(H,14,17). The Morgan fingerprint density at radius 3 is 2.53 bits per heavy atom. The summed E-state index contributed by atoms with van der Waals surface area (Å²) >= 11 is 22.3. The molecule has 0 radical (unpaired) electrons. The summed E-state index contributed by atoms with van der Waals surface area (Å²) in [5.74, 6) is -0.904. The molecule has 1 amide bonds. The second-order valence-electron chi connectivity index (χ2n) is 3.75. The first-order valence-electron chi connectivity index (χ1n) is 4.79. The van der Waals surface area contributed by atoms with Crippen molar-refractivity contribution in [3.63, 3.8) is 0 Å². The minimum absolute atomic E-state index is 0.115. The van der Waals surface area contributed by atoms with Crippen LogP contribution in [0.1, 0.15) is 24.2 Å². The topological polar surface area (TPSA) is 63.8 Å². The molecule has 0 spiro atoms. The van der Waals surface area contributed by atoms with Crippen LogP contribution in [0.15, 0.2) is 0 Å². The molecule has 1 heterocycles. The number of alkyl halides is 3. The van der Waals surface area contributed by atoms with Crippen molar-refractivity contribution in [2.75, 3.05) is 0 Å². The van der Waals surface area contributed by atoms with E-state index >= 15 is 0 Å². The normalized spacial score (nSPS) is 13.7. The third-order valence-corrected chi connectivity index (χ3v) is 3.16. The van der Waals surface area contributed by atoms with E-state index in [0.29, 0.717) is 10.5 Å². The quantitative estimate of drug-likeness (QED) is 0.665. The third-order valence-electron chi connectivity index (χ3n) is 2.48. The molecule has 17 heavy (non-hydrogen) atoms. The zero-order valence-corrected chi connectivity index (χ0v) is 12.3. The van der Waals surface area contributed by atoms with E-state index in [9.17, 15) is 4.79 Å². The molecule has 8 heteroatoms. The molecule has 0 saturated carbocycles. The highest BCUT2D eigenvalue weighted by Gasteiger charge is 2.25. The van der Waals surface area contributed by atoms with Crippen molar-refractivity contribution < 1.29 is 4.79 Å². The smallest absolute Gasteiger partial charge is 0.226 e. The maximum atomic E-state index is 11.1. The monoisotopic (exact) mass is 315 g/mol. The van der Waals surface area contributed by atoms with Gasteiger partial charge >= 0.3 is 0 Å². The Hall–Kier alpha value is -0.230. The molecule has 1 atom stereocenters. The van der Waals surface area contributed by atoms with Crippen molar-refractivity contribution in [3.8, 4) is 0 Å². The summed E-state index contributed by atoms with van der Waals surface area (Å²) in [6, 6.07) is 0. The number of halogens is 3. The zero-order chi connectivity index (χ0) is 13.4. The van der Waals surface area contributed by atoms with Crippen LogP contribution >= 0.6 is 47.0 Å². The number of nitrogens with one attached hydrogen (secondary N) is 1. The first-order chi connectivity index (χ1) is 7.63. The van der Waals surface area contributed by atoms with Gasteiger partial charge in [0.05, 0.1) is 12.5 Å². The summed E-state index contributed by atoms with van der Waals surface area (Å²) in [6.07, 6.45) is 0. The number of imidazole rings is 1. The number of amides is 1. The van der Waals surface area contributed by atoms with Gasteiger partial charge in [-0.15, -0.1) is 0 Å². The molecule has 3 N–H and O–H groups in total. The van der Waals surface area contributed by atoms with Gasteiger partial charge in [0.15, 0.2) is 4.77 Å². The molecule has 0 fully saturated rings. The van der Waals surface area contributed by atoms with Crippen molar-refractivity contribution >= 4 is 52.9 Å². The van der Waals surface area contributed by atoms with Crippen LogP contribution in [-0.4, -0.2) is 19.3 Å². The van der Waals surface area contributed by atoms with Crippen LogP contribution in [-0.2, 0) is 11.3 Å². The Balaban J connectivity index is 3.19. The number of hydrogen-bond donors (Lipinski definition) is 2. The van der Waals surface area contributed by atoms with E-state index in [-0.39, 0.29) is 6.54 Å². The zero-order valence-electron chi connectivity index (χ0n) is 9.26. The van der Waals surface area contributed by atoms with Gasteiger partial charge in [0.25, 0.3) is 0 Å². The lowest BCUT2D eigenvalue weighted by Crippen LogP contribution is -2.20. The molecular weight excluding hydrogens is 305 g/mol. The third kappa shape index (κ3) is 3.61. The molecule has 0 saturated heterocycles. The average molecular weight is 317 g/mol. The lowest BCUT2D eigenvalue weighted by molar-refractivity contribution is -0.119. The summed E-state index contributed by atoms with van der Waals surface area (Å²) in [7, 11) is 0. The van der Waals surface area contributed by atoms with Gasteiger partial charge in [0, 0.05) is 11.4 Å². The number of aromatic nitrogens is 2. The van der Waals surface area contributed by atoms with Crippen LogP contribution in [0, 0.1) is 11.7 Å². The lowest BCUT2D eigenvalue weighted by Gasteiger charge is -2.14. The van der Waals surface area contributed by atoms with Gasteiger partial charge < -0.3 is 15.3 Å². The Kier molecular flexibility index (Phi) is 4.52. The van der Waals surface area contributed by atoms with Gasteiger partial charge in [-0.3, -0.25) is 4.79 Å². The molecule has 1 aromatic rings. The Bertz CT molecular complexity index is 489. The number of nitrogens with two attached hydrogens (primary N) is 1. The minimum atomic E-state index is -1.45. The molecule has 0 aliphatic carbocycles. The van der Waals surface area contributed by atoms with Crippen molar-refractivity contribution in [3.05, 3.63) is 16.2 Å². The maximum absolute atomic E-state index is 11.1. The van der Waals surface area contributed by atoms with Crippen LogP contribution in [0.3, 0.4) is 0 Å². The predicted molar refractivity (Wildman–Crippen MR) is 72.3 cm³/mol. The molecule has 1 rings (SSSR count). The molecule has 1 aromatic heterocycles. The highest BCUT2D eigenvalue weighted by atomic mass is 35.6. The van der Waals surface area contributed by atoms with Crippen molar-refractivity contribution in [2.45, 2.75) is 30.1 Å². The predicted octanol–water partition coefficient (Wildman–Crippen LogP) is 2.81. The SMILES string of the molecule is Cc1c(C(C)C(N)=O)[nH]c(=S)n1CC(Cl)(Cl)Cl. The summed E-state index contributed by atoms with van der Waals surface area (Å²) in [4.78, 5) is 14.1. The lowest BCUT2D eigenvalue weighted by atomic mass is 10.1. The summed E-state index contributed by atoms with van der Waals surface area (Å²) in [5, 5.41) is 0. The van der Waals surface area contributed by atoms with Gasteiger partial charge in [-0.1, -0.05) is 34.8 Å². The second-order valence-corrected chi connectivity index (χ2v) is 6.66. The van der Waals surface area contributed by atoms with E-state index in [1.165, 1.54) is 0 Å². The van der Waals surface area contributed by atoms with E-state index in [4.69, 9.17) is 52.8 Å². The fourth-order valence-corrected chi connectivity index (χ4v) is 2.17. The van der Waals surface area contributed by atoms with E-state index in [0.717, 1.165) is 5.69 Å². The van der Waals surface area contributed by atoms with Crippen LogP contribution in [0.2, 0.25) is 0 Å². The van der Waals surface area contributed by atoms with Gasteiger partial charge in [-0.25, -0.2) is 0 Å². The van der Waals surface area contributed by atoms with E-state index in [2.05, 4.69) is 4.98 Å². The number of hydrogen-bond acceptors (Lipinski definition) is 2. The highest BCUT2D eigenvalue weighted by Crippen LogP contribution is 2.30. The Labute approximate surface area is 119 Å². The van der Waals surface area contributed by atoms with Crippen LogP contribution < -0.4 is 5.73 Å². The Morgan fingerprint density at radius 2 is 2.12 bits per heavy atom. The van der Waals surface area contributed by atoms with Crippen molar-refractivity contribution in [1.29, 1.82) is 0 Å². The molecule has 0 bridgehead atoms. The number of primary amides is 1. The summed E-state index contributed by atoms with van der Waals surface area (Å²) < 4.78 is 0.590. The number of carbonyl (C=O) groups excluding carboxylic acids is 1. The minimum Gasteiger partial charge on any atom is -0.369 e. The highest BCUT2D eigenvalue weighted by molar-refractivity contribution is 7.71. The number of rotatable bonds is 3. The van der Waals surface area contributed by atoms with Gasteiger partial charge in [0.2, 0.25) is 9.70 Å². The molecule has 1 unspecified atom stereocenters. The van der Waals surface area contributed by atoms with Crippen LogP contribution in [0.5, 0.6) is 0 Å². The molecule has 0 aliphatic rings. The molecule has 96 valence electrons. The fourth-order valence-electron chi connectivity index (χ4n) is 1.50. The van der Waals surface area contributed by atoms with Crippen molar-refractivity contribution in [1.82, 2.24) is 9.55 Å². The first kappa shape index (κ1) is 14.8. The maximum Gasteiger partial charge on any atom is 0.226 e. The van der Waals surface area contributed by atoms with Gasteiger partial charge in [-0.05, 0) is 26.1 Å².